The fourth-order valence-corrected chi connectivity index (χ4v) is 4.85. The smallest absolute Gasteiger partial charge is 0.322 e. The van der Waals surface area contributed by atoms with E-state index in [9.17, 15) is 9.35 Å². The first-order chi connectivity index (χ1) is 15.0. The molecule has 0 bridgehead atoms. The Morgan fingerprint density at radius 3 is 2.90 bits per heavy atom. The second-order valence-corrected chi connectivity index (χ2v) is 9.03. The van der Waals surface area contributed by atoms with Gasteiger partial charge in [-0.15, -0.1) is 0 Å². The topological polar surface area (TPSA) is 100 Å². The van der Waals surface area contributed by atoms with E-state index in [1.165, 1.54) is 0 Å². The van der Waals surface area contributed by atoms with Crippen molar-refractivity contribution in [3.8, 4) is 11.5 Å². The Labute approximate surface area is 184 Å². The average molecular weight is 440 g/mol. The number of ether oxygens (including phenoxy) is 2. The van der Waals surface area contributed by atoms with Gasteiger partial charge in [0.1, 0.15) is 11.5 Å². The van der Waals surface area contributed by atoms with Crippen molar-refractivity contribution >= 4 is 28.2 Å². The van der Waals surface area contributed by atoms with Crippen molar-refractivity contribution in [3.63, 3.8) is 0 Å². The molecule has 0 aliphatic heterocycles. The third-order valence-electron chi connectivity index (χ3n) is 5.49. The van der Waals surface area contributed by atoms with Crippen LogP contribution in [-0.4, -0.2) is 32.6 Å². The zero-order valence-corrected chi connectivity index (χ0v) is 18.6. The van der Waals surface area contributed by atoms with Crippen molar-refractivity contribution in [1.82, 2.24) is 15.0 Å². The number of allylic oxidation sites excluding steroid dienone is 2. The van der Waals surface area contributed by atoms with Crippen molar-refractivity contribution < 1.29 is 18.8 Å². The van der Waals surface area contributed by atoms with Gasteiger partial charge >= 0.3 is 11.1 Å². The van der Waals surface area contributed by atoms with Crippen molar-refractivity contribution in [1.29, 1.82) is 0 Å². The summed E-state index contributed by atoms with van der Waals surface area (Å²) in [5.74, 6) is 1.09. The number of methoxy groups -OCH3 is 1. The highest BCUT2D eigenvalue weighted by atomic mass is 32.2. The first-order valence-corrected chi connectivity index (χ1v) is 11.5. The van der Waals surface area contributed by atoms with Gasteiger partial charge in [0, 0.05) is 34.6 Å². The molecule has 3 aromatic rings. The number of carbonyl (C=O) groups excluding carboxylic acids is 1. The van der Waals surface area contributed by atoms with E-state index in [2.05, 4.69) is 21.0 Å². The summed E-state index contributed by atoms with van der Waals surface area (Å²) in [6, 6.07) is 5.20. The SMILES string of the molecule is COc1c(C)cnc(C[S+]([O-])c2nc3cc(OC(=O)C4CC=CCC4)ccc3[nH]2)c1C. The van der Waals surface area contributed by atoms with E-state index in [1.54, 1.807) is 31.5 Å². The molecule has 7 nitrogen and oxygen atoms in total. The number of carbonyl (C=O) groups is 1. The Kier molecular flexibility index (Phi) is 6.29. The van der Waals surface area contributed by atoms with Crippen LogP contribution in [0.5, 0.6) is 11.5 Å². The summed E-state index contributed by atoms with van der Waals surface area (Å²) in [5.41, 5.74) is 3.85. The van der Waals surface area contributed by atoms with E-state index >= 15 is 0 Å². The highest BCUT2D eigenvalue weighted by molar-refractivity contribution is 7.90. The molecule has 2 aromatic heterocycles. The van der Waals surface area contributed by atoms with Crippen LogP contribution in [0.15, 0.2) is 41.7 Å². The van der Waals surface area contributed by atoms with E-state index in [1.807, 2.05) is 19.9 Å². The van der Waals surface area contributed by atoms with E-state index in [-0.39, 0.29) is 17.6 Å². The van der Waals surface area contributed by atoms with E-state index in [0.717, 1.165) is 35.2 Å². The largest absolute Gasteiger partial charge is 0.609 e. The van der Waals surface area contributed by atoms with Crippen LogP contribution < -0.4 is 9.47 Å². The Morgan fingerprint density at radius 1 is 1.32 bits per heavy atom. The lowest BCUT2D eigenvalue weighted by Crippen LogP contribution is -2.21. The molecule has 4 rings (SSSR count). The summed E-state index contributed by atoms with van der Waals surface area (Å²) >= 11 is -1.42. The molecule has 8 heteroatoms. The van der Waals surface area contributed by atoms with Gasteiger partial charge in [-0.2, -0.15) is 4.98 Å². The molecular weight excluding hydrogens is 414 g/mol. The minimum atomic E-state index is -1.42. The molecule has 162 valence electrons. The lowest BCUT2D eigenvalue weighted by atomic mass is 9.95. The molecule has 2 unspecified atom stereocenters. The first kappa shape index (κ1) is 21.4. The average Bonchev–Trinajstić information content (AvgIpc) is 3.20. The van der Waals surface area contributed by atoms with Crippen molar-refractivity contribution in [3.05, 3.63) is 53.4 Å². The number of aromatic nitrogens is 3. The number of rotatable bonds is 6. The second kappa shape index (κ2) is 9.11. The molecule has 0 spiro atoms. The number of aryl methyl sites for hydroxylation is 1. The molecule has 0 amide bonds. The van der Waals surface area contributed by atoms with Gasteiger partial charge in [-0.25, -0.2) is 0 Å². The van der Waals surface area contributed by atoms with Crippen LogP contribution in [0.25, 0.3) is 11.0 Å². The quantitative estimate of drug-likeness (QED) is 0.268. The molecular formula is C23H25N3O4S. The summed E-state index contributed by atoms with van der Waals surface area (Å²) < 4.78 is 23.9. The maximum Gasteiger partial charge on any atom is 0.322 e. The summed E-state index contributed by atoms with van der Waals surface area (Å²) in [7, 11) is 1.62. The molecule has 0 saturated heterocycles. The molecule has 1 aliphatic rings. The fraction of sp³-hybridized carbons (Fsp3) is 0.348. The van der Waals surface area contributed by atoms with Gasteiger partial charge in [0.2, 0.25) is 0 Å². The lowest BCUT2D eigenvalue weighted by Gasteiger charge is -2.16. The zero-order chi connectivity index (χ0) is 22.0. The number of imidazole rings is 1. The number of fused-ring (bicyclic) bond motifs is 1. The van der Waals surface area contributed by atoms with Crippen LogP contribution >= 0.6 is 0 Å². The zero-order valence-electron chi connectivity index (χ0n) is 17.8. The molecule has 1 N–H and O–H groups in total. The number of nitrogens with zero attached hydrogens (tertiary/aromatic N) is 2. The minimum absolute atomic E-state index is 0.106. The van der Waals surface area contributed by atoms with Gasteiger partial charge in [0.25, 0.3) is 0 Å². The first-order valence-electron chi connectivity index (χ1n) is 10.2. The second-order valence-electron chi connectivity index (χ2n) is 7.66. The monoisotopic (exact) mass is 439 g/mol. The lowest BCUT2D eigenvalue weighted by molar-refractivity contribution is -0.139. The third kappa shape index (κ3) is 4.60. The van der Waals surface area contributed by atoms with Crippen LogP contribution in [0.1, 0.15) is 36.1 Å². The van der Waals surface area contributed by atoms with Crippen molar-refractivity contribution in [2.24, 2.45) is 5.92 Å². The van der Waals surface area contributed by atoms with Gasteiger partial charge in [0.15, 0.2) is 5.75 Å². The van der Waals surface area contributed by atoms with E-state index in [0.29, 0.717) is 28.5 Å². The predicted molar refractivity (Wildman–Crippen MR) is 119 cm³/mol. The summed E-state index contributed by atoms with van der Waals surface area (Å²) in [6.45, 7) is 3.83. The minimum Gasteiger partial charge on any atom is -0.609 e. The Hall–Kier alpha value is -2.84. The Morgan fingerprint density at radius 2 is 2.16 bits per heavy atom. The number of H-pyrrole nitrogens is 1. The Bertz CT molecular complexity index is 1140. The molecule has 1 aliphatic carbocycles. The highest BCUT2D eigenvalue weighted by Crippen LogP contribution is 2.28. The predicted octanol–water partition coefficient (Wildman–Crippen LogP) is 4.15. The van der Waals surface area contributed by atoms with Gasteiger partial charge in [0.05, 0.1) is 29.8 Å². The number of pyridine rings is 1. The summed E-state index contributed by atoms with van der Waals surface area (Å²) in [4.78, 5) is 24.4. The highest BCUT2D eigenvalue weighted by Gasteiger charge is 2.23. The number of esters is 1. The standard InChI is InChI=1S/C23H25N3O4S/c1-14-12-24-20(15(2)21(14)29-3)13-31(28)23-25-18-10-9-17(11-19(18)26-23)30-22(27)16-7-5-4-6-8-16/h4-5,9-12,16H,6-8,13H2,1-3H3,(H,25,26). The van der Waals surface area contributed by atoms with E-state index < -0.39 is 11.2 Å². The molecule has 2 atom stereocenters. The maximum atomic E-state index is 12.9. The molecule has 0 saturated carbocycles. The van der Waals surface area contributed by atoms with Crippen LogP contribution in [-0.2, 0) is 21.7 Å². The van der Waals surface area contributed by atoms with Crippen LogP contribution in [0.2, 0.25) is 0 Å². The van der Waals surface area contributed by atoms with E-state index in [4.69, 9.17) is 9.47 Å². The number of nitrogens with one attached hydrogen (secondary N) is 1. The molecule has 0 fully saturated rings. The maximum absolute atomic E-state index is 12.9. The fourth-order valence-electron chi connectivity index (χ4n) is 3.75. The van der Waals surface area contributed by atoms with Gasteiger partial charge in [-0.05, 0) is 45.2 Å². The summed E-state index contributed by atoms with van der Waals surface area (Å²) in [6.07, 6.45) is 8.25. The van der Waals surface area contributed by atoms with Gasteiger partial charge < -0.3 is 14.0 Å². The summed E-state index contributed by atoms with van der Waals surface area (Å²) in [5, 5.41) is 0.358. The normalized spacial score (nSPS) is 17.0. The molecule has 31 heavy (non-hydrogen) atoms. The number of hydrogen-bond donors (Lipinski definition) is 1. The third-order valence-corrected chi connectivity index (χ3v) is 6.65. The van der Waals surface area contributed by atoms with Gasteiger partial charge in [-0.3, -0.25) is 14.8 Å². The number of hydrogen-bond acceptors (Lipinski definition) is 6. The van der Waals surface area contributed by atoms with Crippen LogP contribution in [0.3, 0.4) is 0 Å². The molecule has 1 aromatic carbocycles. The number of benzene rings is 1. The molecule has 0 radical (unpaired) electrons. The van der Waals surface area contributed by atoms with Crippen LogP contribution in [0, 0.1) is 19.8 Å². The van der Waals surface area contributed by atoms with Crippen LogP contribution in [0.4, 0.5) is 0 Å². The van der Waals surface area contributed by atoms with Crippen molar-refractivity contribution in [2.75, 3.05) is 7.11 Å². The van der Waals surface area contributed by atoms with Crippen molar-refractivity contribution in [2.45, 2.75) is 44.0 Å². The Balaban J connectivity index is 1.50. The molecule has 2 heterocycles. The van der Waals surface area contributed by atoms with Gasteiger partial charge in [-0.1, -0.05) is 12.2 Å². The number of aromatic amines is 1.